The molecule has 0 bridgehead atoms. The molecule has 112 valence electrons. The number of thioether (sulfide) groups is 1. The summed E-state index contributed by atoms with van der Waals surface area (Å²) >= 11 is 1.70. The molecule has 0 saturated heterocycles. The highest BCUT2D eigenvalue weighted by Gasteiger charge is 2.39. The molecule has 1 atom stereocenters. The van der Waals surface area contributed by atoms with Crippen LogP contribution in [0.5, 0.6) is 0 Å². The smallest absolute Gasteiger partial charge is 0.329 e. The largest absolute Gasteiger partial charge is 0.480 e. The standard InChI is InChI=1S/C16H25NO2S/c1-4-10-17-16(15(18)19,12-20-11-13(2)3)14-8-6-5-7-9-14/h5-9,13,17H,4,10-12H2,1-3H3,(H,18,19). The lowest BCUT2D eigenvalue weighted by Crippen LogP contribution is -2.51. The van der Waals surface area contributed by atoms with E-state index in [2.05, 4.69) is 19.2 Å². The number of rotatable bonds is 9. The van der Waals surface area contributed by atoms with E-state index in [9.17, 15) is 9.90 Å². The molecule has 1 unspecified atom stereocenters. The maximum Gasteiger partial charge on any atom is 0.329 e. The molecule has 2 N–H and O–H groups in total. The number of benzene rings is 1. The number of carboxylic acids is 1. The fraction of sp³-hybridized carbons (Fsp3) is 0.562. The van der Waals surface area contributed by atoms with Crippen LogP contribution < -0.4 is 5.32 Å². The van der Waals surface area contributed by atoms with Crippen molar-refractivity contribution < 1.29 is 9.90 Å². The minimum Gasteiger partial charge on any atom is -0.480 e. The van der Waals surface area contributed by atoms with Gasteiger partial charge in [0.05, 0.1) is 0 Å². The summed E-state index contributed by atoms with van der Waals surface area (Å²) < 4.78 is 0. The quantitative estimate of drug-likeness (QED) is 0.733. The molecule has 0 spiro atoms. The van der Waals surface area contributed by atoms with Crippen molar-refractivity contribution in [3.05, 3.63) is 35.9 Å². The summed E-state index contributed by atoms with van der Waals surface area (Å²) in [5.74, 6) is 1.28. The van der Waals surface area contributed by atoms with Gasteiger partial charge in [0.2, 0.25) is 0 Å². The molecule has 0 fully saturated rings. The Morgan fingerprint density at radius 3 is 2.50 bits per heavy atom. The average Bonchev–Trinajstić information content (AvgIpc) is 2.43. The molecule has 0 radical (unpaired) electrons. The molecule has 0 amide bonds. The summed E-state index contributed by atoms with van der Waals surface area (Å²) in [6, 6.07) is 9.50. The monoisotopic (exact) mass is 295 g/mol. The van der Waals surface area contributed by atoms with Crippen LogP contribution in [0.4, 0.5) is 0 Å². The summed E-state index contributed by atoms with van der Waals surface area (Å²) in [5.41, 5.74) is -0.159. The lowest BCUT2D eigenvalue weighted by Gasteiger charge is -2.31. The topological polar surface area (TPSA) is 49.3 Å². The van der Waals surface area contributed by atoms with Gasteiger partial charge in [-0.1, -0.05) is 51.1 Å². The second-order valence-electron chi connectivity index (χ2n) is 5.41. The van der Waals surface area contributed by atoms with Gasteiger partial charge in [-0.2, -0.15) is 11.8 Å². The van der Waals surface area contributed by atoms with Crippen molar-refractivity contribution in [2.75, 3.05) is 18.1 Å². The second-order valence-corrected chi connectivity index (χ2v) is 6.44. The first kappa shape index (κ1) is 17.1. The molecule has 0 heterocycles. The van der Waals surface area contributed by atoms with E-state index >= 15 is 0 Å². The predicted molar refractivity (Wildman–Crippen MR) is 86.2 cm³/mol. The van der Waals surface area contributed by atoms with Crippen molar-refractivity contribution in [2.45, 2.75) is 32.7 Å². The van der Waals surface area contributed by atoms with Gasteiger partial charge in [-0.15, -0.1) is 0 Å². The van der Waals surface area contributed by atoms with Gasteiger partial charge in [-0.05, 0) is 30.2 Å². The molecule has 0 saturated carbocycles. The number of nitrogens with one attached hydrogen (secondary N) is 1. The molecule has 3 nitrogen and oxygen atoms in total. The molecule has 0 aliphatic carbocycles. The van der Waals surface area contributed by atoms with Gasteiger partial charge < -0.3 is 5.11 Å². The highest BCUT2D eigenvalue weighted by molar-refractivity contribution is 7.99. The Balaban J connectivity index is 2.98. The summed E-state index contributed by atoms with van der Waals surface area (Å²) in [7, 11) is 0. The zero-order valence-electron chi connectivity index (χ0n) is 12.6. The van der Waals surface area contributed by atoms with Gasteiger partial charge in [0, 0.05) is 5.75 Å². The Labute approximate surface area is 126 Å². The number of hydrogen-bond donors (Lipinski definition) is 2. The third-order valence-electron chi connectivity index (χ3n) is 3.08. The molecular weight excluding hydrogens is 270 g/mol. The lowest BCUT2D eigenvalue weighted by atomic mass is 9.91. The van der Waals surface area contributed by atoms with Gasteiger partial charge in [-0.25, -0.2) is 4.79 Å². The Bertz CT molecular complexity index is 408. The third kappa shape index (κ3) is 4.53. The Hall–Kier alpha value is -1.00. The summed E-state index contributed by atoms with van der Waals surface area (Å²) in [5, 5.41) is 13.0. The van der Waals surface area contributed by atoms with Crippen molar-refractivity contribution >= 4 is 17.7 Å². The molecule has 4 heteroatoms. The predicted octanol–water partition coefficient (Wildman–Crippen LogP) is 3.36. The van der Waals surface area contributed by atoms with Crippen LogP contribution in [0.2, 0.25) is 0 Å². The number of aliphatic carboxylic acids is 1. The van der Waals surface area contributed by atoms with E-state index in [0.717, 1.165) is 17.7 Å². The summed E-state index contributed by atoms with van der Waals surface area (Å²) in [4.78, 5) is 11.9. The molecule has 20 heavy (non-hydrogen) atoms. The van der Waals surface area contributed by atoms with Gasteiger partial charge in [-0.3, -0.25) is 5.32 Å². The Morgan fingerprint density at radius 1 is 1.35 bits per heavy atom. The van der Waals surface area contributed by atoms with E-state index in [4.69, 9.17) is 0 Å². The lowest BCUT2D eigenvalue weighted by molar-refractivity contribution is -0.144. The van der Waals surface area contributed by atoms with Crippen LogP contribution in [0.1, 0.15) is 32.8 Å². The molecule has 0 aliphatic rings. The van der Waals surface area contributed by atoms with Crippen LogP contribution in [0.3, 0.4) is 0 Å². The van der Waals surface area contributed by atoms with Crippen molar-refractivity contribution in [2.24, 2.45) is 5.92 Å². The van der Waals surface area contributed by atoms with E-state index in [1.54, 1.807) is 11.8 Å². The maximum atomic E-state index is 11.9. The molecule has 0 aliphatic heterocycles. The molecule has 1 rings (SSSR count). The van der Waals surface area contributed by atoms with Crippen LogP contribution in [0.15, 0.2) is 30.3 Å². The first-order valence-corrected chi connectivity index (χ1v) is 8.30. The van der Waals surface area contributed by atoms with Crippen molar-refractivity contribution in [3.63, 3.8) is 0 Å². The normalized spacial score (nSPS) is 14.2. The van der Waals surface area contributed by atoms with Gasteiger partial charge in [0.1, 0.15) is 0 Å². The number of carboxylic acid groups (broad SMARTS) is 1. The maximum absolute atomic E-state index is 11.9. The minimum absolute atomic E-state index is 0.546. The second kappa shape index (κ2) is 8.32. The molecule has 1 aromatic carbocycles. The van der Waals surface area contributed by atoms with Crippen LogP contribution in [-0.4, -0.2) is 29.1 Å². The van der Waals surface area contributed by atoms with Gasteiger partial charge in [0.15, 0.2) is 5.54 Å². The first-order chi connectivity index (χ1) is 9.53. The fourth-order valence-electron chi connectivity index (χ4n) is 2.01. The molecule has 1 aromatic rings. The van der Waals surface area contributed by atoms with E-state index < -0.39 is 11.5 Å². The summed E-state index contributed by atoms with van der Waals surface area (Å²) in [6.07, 6.45) is 0.913. The van der Waals surface area contributed by atoms with Crippen molar-refractivity contribution in [1.82, 2.24) is 5.32 Å². The van der Waals surface area contributed by atoms with Gasteiger partial charge in [0.25, 0.3) is 0 Å². The fourth-order valence-corrected chi connectivity index (χ4v) is 3.29. The van der Waals surface area contributed by atoms with E-state index in [-0.39, 0.29) is 0 Å². The zero-order valence-corrected chi connectivity index (χ0v) is 13.4. The first-order valence-electron chi connectivity index (χ1n) is 7.14. The highest BCUT2D eigenvalue weighted by Crippen LogP contribution is 2.27. The van der Waals surface area contributed by atoms with E-state index in [0.29, 0.717) is 18.2 Å². The Kier molecular flexibility index (Phi) is 7.10. The summed E-state index contributed by atoms with van der Waals surface area (Å²) in [6.45, 7) is 7.05. The van der Waals surface area contributed by atoms with E-state index in [1.807, 2.05) is 37.3 Å². The number of hydrogen-bond acceptors (Lipinski definition) is 3. The van der Waals surface area contributed by atoms with Crippen molar-refractivity contribution in [1.29, 1.82) is 0 Å². The van der Waals surface area contributed by atoms with Crippen LogP contribution in [0, 0.1) is 5.92 Å². The zero-order chi connectivity index (χ0) is 15.0. The van der Waals surface area contributed by atoms with Crippen LogP contribution in [0.25, 0.3) is 0 Å². The van der Waals surface area contributed by atoms with Crippen LogP contribution in [-0.2, 0) is 10.3 Å². The average molecular weight is 295 g/mol. The van der Waals surface area contributed by atoms with Crippen molar-refractivity contribution in [3.8, 4) is 0 Å². The highest BCUT2D eigenvalue weighted by atomic mass is 32.2. The third-order valence-corrected chi connectivity index (χ3v) is 4.62. The molecule has 0 aromatic heterocycles. The molecular formula is C16H25NO2S. The van der Waals surface area contributed by atoms with Crippen LogP contribution >= 0.6 is 11.8 Å². The Morgan fingerprint density at radius 2 is 2.00 bits per heavy atom. The van der Waals surface area contributed by atoms with E-state index in [1.165, 1.54) is 0 Å². The minimum atomic E-state index is -0.989. The number of carbonyl (C=O) groups is 1. The SMILES string of the molecule is CCCNC(CSCC(C)C)(C(=O)O)c1ccccc1. The van der Waals surface area contributed by atoms with Gasteiger partial charge >= 0.3 is 5.97 Å².